The Morgan fingerprint density at radius 1 is 1.03 bits per heavy atom. The highest BCUT2D eigenvalue weighted by molar-refractivity contribution is 5.91. The fourth-order valence-electron chi connectivity index (χ4n) is 4.41. The number of hydrogen-bond acceptors (Lipinski definition) is 2. The maximum absolute atomic E-state index is 12.5. The highest BCUT2D eigenvalue weighted by atomic mass is 16.5. The molecule has 0 unspecified atom stereocenters. The van der Waals surface area contributed by atoms with Gasteiger partial charge in [-0.05, 0) is 92.2 Å². The molecule has 2 nitrogen and oxygen atoms in total. The van der Waals surface area contributed by atoms with Crippen LogP contribution in [0.1, 0.15) is 85.7 Å². The first kappa shape index (κ1) is 21.4. The molecule has 0 bridgehead atoms. The lowest BCUT2D eigenvalue weighted by Gasteiger charge is -2.28. The summed E-state index contributed by atoms with van der Waals surface area (Å²) in [5, 5.41) is 0. The van der Waals surface area contributed by atoms with Gasteiger partial charge in [-0.15, -0.1) is 6.58 Å². The van der Waals surface area contributed by atoms with E-state index in [2.05, 4.69) is 25.6 Å². The Balaban J connectivity index is 1.50. The largest absolute Gasteiger partial charge is 0.423 e. The van der Waals surface area contributed by atoms with E-state index in [4.69, 9.17) is 4.74 Å². The van der Waals surface area contributed by atoms with E-state index < -0.39 is 0 Å². The molecule has 154 valence electrons. The molecule has 2 aromatic rings. The van der Waals surface area contributed by atoms with Gasteiger partial charge in [-0.1, -0.05) is 50.1 Å². The van der Waals surface area contributed by atoms with Gasteiger partial charge in [0, 0.05) is 0 Å². The summed E-state index contributed by atoms with van der Waals surface area (Å²) in [6.45, 7) is 5.98. The maximum atomic E-state index is 12.5. The van der Waals surface area contributed by atoms with Crippen molar-refractivity contribution in [3.05, 3.63) is 77.9 Å². The number of aryl methyl sites for hydroxylation is 1. The van der Waals surface area contributed by atoms with Gasteiger partial charge in [-0.3, -0.25) is 0 Å². The topological polar surface area (TPSA) is 26.3 Å². The first-order valence-electron chi connectivity index (χ1n) is 11.2. The number of rotatable bonds is 9. The van der Waals surface area contributed by atoms with Crippen LogP contribution in [0.4, 0.5) is 0 Å². The Kier molecular flexibility index (Phi) is 8.10. The van der Waals surface area contributed by atoms with E-state index in [0.717, 1.165) is 25.2 Å². The minimum atomic E-state index is -0.286. The highest BCUT2D eigenvalue weighted by Gasteiger charge is 2.22. The zero-order chi connectivity index (χ0) is 20.5. The van der Waals surface area contributed by atoms with Crippen molar-refractivity contribution in [2.75, 3.05) is 0 Å². The van der Waals surface area contributed by atoms with Gasteiger partial charge in [0.2, 0.25) is 0 Å². The molecule has 0 amide bonds. The second-order valence-corrected chi connectivity index (χ2v) is 8.34. The van der Waals surface area contributed by atoms with Crippen LogP contribution in [0, 0.1) is 5.92 Å². The van der Waals surface area contributed by atoms with Gasteiger partial charge >= 0.3 is 5.97 Å². The summed E-state index contributed by atoms with van der Waals surface area (Å²) in [4.78, 5) is 12.5. The molecule has 2 heteroatoms. The van der Waals surface area contributed by atoms with Gasteiger partial charge in [0.1, 0.15) is 5.75 Å². The van der Waals surface area contributed by atoms with Crippen molar-refractivity contribution < 1.29 is 9.53 Å². The fraction of sp³-hybridized carbons (Fsp3) is 0.444. The van der Waals surface area contributed by atoms with E-state index >= 15 is 0 Å². The summed E-state index contributed by atoms with van der Waals surface area (Å²) in [6.07, 6.45) is 13.1. The first-order chi connectivity index (χ1) is 14.2. The number of carbonyl (C=O) groups excluding carboxylic acids is 1. The Bertz CT molecular complexity index is 765. The van der Waals surface area contributed by atoms with Gasteiger partial charge in [0.05, 0.1) is 5.56 Å². The Hall–Kier alpha value is -2.35. The van der Waals surface area contributed by atoms with E-state index in [-0.39, 0.29) is 5.97 Å². The molecule has 3 rings (SSSR count). The molecular weight excluding hydrogens is 356 g/mol. The minimum Gasteiger partial charge on any atom is -0.423 e. The predicted molar refractivity (Wildman–Crippen MR) is 121 cm³/mol. The van der Waals surface area contributed by atoms with Gasteiger partial charge in [-0.2, -0.15) is 0 Å². The number of carbonyl (C=O) groups is 1. The van der Waals surface area contributed by atoms with Crippen LogP contribution in [0.15, 0.2) is 61.2 Å². The molecule has 1 saturated carbocycles. The number of unbranched alkanes of at least 4 members (excludes halogenated alkanes) is 1. The SMILES string of the molecule is C=CCCCC1CCC(c2ccc(C(=O)Oc3ccc(CCC)cc3)cc2)CC1. The van der Waals surface area contributed by atoms with Gasteiger partial charge < -0.3 is 4.74 Å². The van der Waals surface area contributed by atoms with E-state index in [9.17, 15) is 4.79 Å². The number of allylic oxidation sites excluding steroid dienone is 1. The van der Waals surface area contributed by atoms with Gasteiger partial charge in [0.25, 0.3) is 0 Å². The molecule has 0 radical (unpaired) electrons. The van der Waals surface area contributed by atoms with Crippen LogP contribution in [0.5, 0.6) is 5.75 Å². The fourth-order valence-corrected chi connectivity index (χ4v) is 4.41. The molecule has 0 atom stereocenters. The lowest BCUT2D eigenvalue weighted by atomic mass is 9.77. The smallest absolute Gasteiger partial charge is 0.343 e. The summed E-state index contributed by atoms with van der Waals surface area (Å²) in [5.74, 6) is 1.82. The van der Waals surface area contributed by atoms with Crippen LogP contribution in [0.2, 0.25) is 0 Å². The highest BCUT2D eigenvalue weighted by Crippen LogP contribution is 2.37. The van der Waals surface area contributed by atoms with Crippen molar-refractivity contribution in [1.29, 1.82) is 0 Å². The average molecular weight is 391 g/mol. The van der Waals surface area contributed by atoms with E-state index in [1.165, 1.54) is 49.7 Å². The Morgan fingerprint density at radius 2 is 1.72 bits per heavy atom. The minimum absolute atomic E-state index is 0.286. The summed E-state index contributed by atoms with van der Waals surface area (Å²) in [7, 11) is 0. The van der Waals surface area contributed by atoms with E-state index in [1.807, 2.05) is 42.5 Å². The van der Waals surface area contributed by atoms with Crippen molar-refractivity contribution >= 4 is 5.97 Å². The predicted octanol–water partition coefficient (Wildman–Crippen LogP) is 7.49. The molecule has 0 N–H and O–H groups in total. The monoisotopic (exact) mass is 390 g/mol. The molecule has 1 aliphatic rings. The van der Waals surface area contributed by atoms with Crippen LogP contribution in [-0.4, -0.2) is 5.97 Å². The van der Waals surface area contributed by atoms with Crippen LogP contribution >= 0.6 is 0 Å². The molecule has 0 aromatic heterocycles. The van der Waals surface area contributed by atoms with Crippen molar-refractivity contribution in [3.63, 3.8) is 0 Å². The Morgan fingerprint density at radius 3 is 2.34 bits per heavy atom. The van der Waals surface area contributed by atoms with E-state index in [1.54, 1.807) is 0 Å². The quantitative estimate of drug-likeness (QED) is 0.192. The third kappa shape index (κ3) is 6.32. The molecule has 0 spiro atoms. The zero-order valence-corrected chi connectivity index (χ0v) is 17.7. The second kappa shape index (κ2) is 11.0. The molecule has 0 saturated heterocycles. The molecule has 1 fully saturated rings. The first-order valence-corrected chi connectivity index (χ1v) is 11.2. The molecule has 0 heterocycles. The average Bonchev–Trinajstić information content (AvgIpc) is 2.76. The maximum Gasteiger partial charge on any atom is 0.343 e. The molecule has 2 aromatic carbocycles. The summed E-state index contributed by atoms with van der Waals surface area (Å²) in [5.41, 5.74) is 3.24. The molecular formula is C27H34O2. The van der Waals surface area contributed by atoms with E-state index in [0.29, 0.717) is 17.2 Å². The van der Waals surface area contributed by atoms with Crippen LogP contribution in [0.3, 0.4) is 0 Å². The van der Waals surface area contributed by atoms with Crippen molar-refractivity contribution in [3.8, 4) is 5.75 Å². The lowest BCUT2D eigenvalue weighted by Crippen LogP contribution is -2.14. The van der Waals surface area contributed by atoms with Crippen molar-refractivity contribution in [2.24, 2.45) is 5.92 Å². The van der Waals surface area contributed by atoms with Crippen LogP contribution in [0.25, 0.3) is 0 Å². The third-order valence-electron chi connectivity index (χ3n) is 6.16. The lowest BCUT2D eigenvalue weighted by molar-refractivity contribution is 0.0734. The molecule has 0 aliphatic heterocycles. The number of esters is 1. The summed E-state index contributed by atoms with van der Waals surface area (Å²) >= 11 is 0. The normalized spacial score (nSPS) is 18.9. The van der Waals surface area contributed by atoms with Crippen molar-refractivity contribution in [2.45, 2.75) is 70.6 Å². The standard InChI is InChI=1S/C27H34O2/c1-3-5-6-8-22-9-13-23(14-10-22)24-15-17-25(18-16-24)27(28)29-26-19-11-21(7-4-2)12-20-26/h3,11-12,15-20,22-23H,1,4-10,13-14H2,2H3. The summed E-state index contributed by atoms with van der Waals surface area (Å²) < 4.78 is 5.53. The molecule has 29 heavy (non-hydrogen) atoms. The zero-order valence-electron chi connectivity index (χ0n) is 17.7. The van der Waals surface area contributed by atoms with Crippen molar-refractivity contribution in [1.82, 2.24) is 0 Å². The Labute approximate surface area is 176 Å². The van der Waals surface area contributed by atoms with Crippen LogP contribution < -0.4 is 4.74 Å². The number of hydrogen-bond donors (Lipinski definition) is 0. The molecule has 1 aliphatic carbocycles. The number of benzene rings is 2. The van der Waals surface area contributed by atoms with Gasteiger partial charge in [0.15, 0.2) is 0 Å². The van der Waals surface area contributed by atoms with Gasteiger partial charge in [-0.25, -0.2) is 4.79 Å². The second-order valence-electron chi connectivity index (χ2n) is 8.34. The summed E-state index contributed by atoms with van der Waals surface area (Å²) in [6, 6.07) is 15.9. The number of ether oxygens (including phenoxy) is 1. The third-order valence-corrected chi connectivity index (χ3v) is 6.16. The van der Waals surface area contributed by atoms with Crippen LogP contribution in [-0.2, 0) is 6.42 Å².